The highest BCUT2D eigenvalue weighted by molar-refractivity contribution is 7.90. The number of hydrogen-bond donors (Lipinski definition) is 2. The van der Waals surface area contributed by atoms with Crippen molar-refractivity contribution < 1.29 is 18.0 Å². The van der Waals surface area contributed by atoms with E-state index >= 15 is 0 Å². The Morgan fingerprint density at radius 2 is 1.88 bits per heavy atom. The van der Waals surface area contributed by atoms with Gasteiger partial charge in [-0.3, -0.25) is 19.5 Å². The first kappa shape index (κ1) is 26.0. The number of nitrogens with one attached hydrogen (secondary N) is 2. The van der Waals surface area contributed by atoms with Gasteiger partial charge in [-0.25, -0.2) is 18.4 Å². The number of benzene rings is 1. The minimum Gasteiger partial charge on any atom is -0.346 e. The summed E-state index contributed by atoms with van der Waals surface area (Å²) < 4.78 is 24.1. The van der Waals surface area contributed by atoms with Gasteiger partial charge in [0.1, 0.15) is 11.4 Å². The van der Waals surface area contributed by atoms with Crippen molar-refractivity contribution in [2.75, 3.05) is 24.2 Å². The predicted molar refractivity (Wildman–Crippen MR) is 151 cm³/mol. The van der Waals surface area contributed by atoms with Crippen LogP contribution in [0.25, 0.3) is 22.3 Å². The normalized spacial score (nSPS) is 18.8. The molecule has 2 amide bonds. The van der Waals surface area contributed by atoms with Crippen molar-refractivity contribution in [1.29, 1.82) is 0 Å². The number of rotatable bonds is 6. The molecule has 40 heavy (non-hydrogen) atoms. The van der Waals surface area contributed by atoms with Crippen molar-refractivity contribution in [2.45, 2.75) is 36.7 Å². The van der Waals surface area contributed by atoms with Gasteiger partial charge in [0.25, 0.3) is 5.91 Å². The molecule has 6 rings (SSSR count). The molecule has 2 aliphatic rings. The molecule has 4 aromatic rings. The highest BCUT2D eigenvalue weighted by Gasteiger charge is 2.51. The summed E-state index contributed by atoms with van der Waals surface area (Å²) in [4.78, 5) is 41.6. The van der Waals surface area contributed by atoms with Crippen molar-refractivity contribution in [3.05, 3.63) is 77.6 Å². The first-order valence-corrected chi connectivity index (χ1v) is 14.9. The molecule has 0 aliphatic carbocycles. The minimum absolute atomic E-state index is 0.0748. The second-order valence-corrected chi connectivity index (χ2v) is 12.3. The van der Waals surface area contributed by atoms with Crippen LogP contribution < -0.4 is 15.5 Å². The van der Waals surface area contributed by atoms with E-state index in [9.17, 15) is 18.0 Å². The third kappa shape index (κ3) is 4.71. The highest BCUT2D eigenvalue weighted by atomic mass is 32.2. The molecule has 2 N–H and O–H groups in total. The number of aryl methyl sites for hydroxylation is 1. The molecule has 11 heteroatoms. The third-order valence-electron chi connectivity index (χ3n) is 7.62. The zero-order valence-electron chi connectivity index (χ0n) is 22.1. The van der Waals surface area contributed by atoms with Gasteiger partial charge in [-0.1, -0.05) is 12.1 Å². The Morgan fingerprint density at radius 3 is 2.60 bits per heavy atom. The van der Waals surface area contributed by atoms with Crippen LogP contribution in [0.3, 0.4) is 0 Å². The van der Waals surface area contributed by atoms with Gasteiger partial charge >= 0.3 is 0 Å². The lowest BCUT2D eigenvalue weighted by Gasteiger charge is -2.37. The van der Waals surface area contributed by atoms with E-state index in [2.05, 4.69) is 15.6 Å². The highest BCUT2D eigenvalue weighted by Crippen LogP contribution is 2.34. The maximum Gasteiger partial charge on any atom is 0.251 e. The summed E-state index contributed by atoms with van der Waals surface area (Å²) in [7, 11) is -3.45. The molecule has 1 aromatic carbocycles. The Bertz CT molecular complexity index is 1780. The standard InChI is InChI=1S/C29H28N6O4S/c1-18-6-7-19(14-25(18)40(2,38)39)27(36)31-17-21-15-24-20(16-30-21)8-9-23(33-24)22-4-3-5-26(34-22)35-13-11-29(28(35)37)10-12-32-29/h3-9,14-16,32H,10-13,17H2,1-2H3,(H,31,36). The maximum atomic E-state index is 13.0. The van der Waals surface area contributed by atoms with Gasteiger partial charge in [0.15, 0.2) is 9.84 Å². The molecule has 10 nitrogen and oxygen atoms in total. The molecule has 1 atom stereocenters. The monoisotopic (exact) mass is 556 g/mol. The lowest BCUT2D eigenvalue weighted by Crippen LogP contribution is -2.61. The van der Waals surface area contributed by atoms with E-state index in [1.807, 2.05) is 30.3 Å². The van der Waals surface area contributed by atoms with Crippen molar-refractivity contribution in [3.63, 3.8) is 0 Å². The SMILES string of the molecule is Cc1ccc(C(=O)NCc2cc3nc(-c4cccc(N5CCC6(CCN6)C5=O)n4)ccc3cn2)cc1S(C)(=O)=O. The van der Waals surface area contributed by atoms with Gasteiger partial charge < -0.3 is 10.6 Å². The molecule has 1 unspecified atom stereocenters. The Morgan fingerprint density at radius 1 is 1.07 bits per heavy atom. The van der Waals surface area contributed by atoms with Gasteiger partial charge in [-0.15, -0.1) is 0 Å². The van der Waals surface area contributed by atoms with Crippen LogP contribution in [0.1, 0.15) is 34.5 Å². The Balaban J connectivity index is 1.20. The van der Waals surface area contributed by atoms with E-state index in [-0.39, 0.29) is 22.9 Å². The zero-order chi connectivity index (χ0) is 28.1. The van der Waals surface area contributed by atoms with E-state index in [0.717, 1.165) is 31.0 Å². The largest absolute Gasteiger partial charge is 0.346 e. The molecule has 0 bridgehead atoms. The third-order valence-corrected chi connectivity index (χ3v) is 8.85. The summed E-state index contributed by atoms with van der Waals surface area (Å²) in [6, 6.07) is 15.8. The molecule has 0 saturated carbocycles. The average molecular weight is 557 g/mol. The minimum atomic E-state index is -3.45. The van der Waals surface area contributed by atoms with E-state index in [1.165, 1.54) is 6.07 Å². The zero-order valence-corrected chi connectivity index (χ0v) is 23.0. The molecule has 204 valence electrons. The second-order valence-electron chi connectivity index (χ2n) is 10.3. The van der Waals surface area contributed by atoms with Crippen molar-refractivity contribution in [1.82, 2.24) is 25.6 Å². The van der Waals surface area contributed by atoms with Crippen LogP contribution in [0, 0.1) is 6.92 Å². The molecule has 2 fully saturated rings. The summed E-state index contributed by atoms with van der Waals surface area (Å²) in [5, 5.41) is 6.93. The summed E-state index contributed by atoms with van der Waals surface area (Å²) in [5.74, 6) is 0.291. The van der Waals surface area contributed by atoms with E-state index in [1.54, 1.807) is 36.2 Å². The molecule has 3 aromatic heterocycles. The number of fused-ring (bicyclic) bond motifs is 1. The number of amides is 2. The number of hydrogen-bond acceptors (Lipinski definition) is 8. The molecular weight excluding hydrogens is 528 g/mol. The number of nitrogens with zero attached hydrogens (tertiary/aromatic N) is 4. The van der Waals surface area contributed by atoms with Gasteiger partial charge in [0.2, 0.25) is 5.91 Å². The predicted octanol–water partition coefficient (Wildman–Crippen LogP) is 2.80. The van der Waals surface area contributed by atoms with Gasteiger partial charge in [-0.2, -0.15) is 0 Å². The molecule has 1 spiro atoms. The van der Waals surface area contributed by atoms with Gasteiger partial charge in [0.05, 0.1) is 34.0 Å². The van der Waals surface area contributed by atoms with Crippen LogP contribution >= 0.6 is 0 Å². The lowest BCUT2D eigenvalue weighted by molar-refractivity contribution is -0.125. The van der Waals surface area contributed by atoms with Crippen molar-refractivity contribution in [3.8, 4) is 11.4 Å². The Labute approximate surface area is 231 Å². The van der Waals surface area contributed by atoms with Crippen LogP contribution in [0.2, 0.25) is 0 Å². The number of aromatic nitrogens is 3. The van der Waals surface area contributed by atoms with Crippen LogP contribution in [-0.4, -0.2) is 60.1 Å². The first-order chi connectivity index (χ1) is 19.1. The Hall–Kier alpha value is -4.22. The summed E-state index contributed by atoms with van der Waals surface area (Å²) in [6.45, 7) is 3.33. The van der Waals surface area contributed by atoms with Gasteiger partial charge in [0, 0.05) is 29.9 Å². The smallest absolute Gasteiger partial charge is 0.251 e. The lowest BCUT2D eigenvalue weighted by atomic mass is 9.86. The van der Waals surface area contributed by atoms with E-state index in [0.29, 0.717) is 40.5 Å². The summed E-state index contributed by atoms with van der Waals surface area (Å²) in [5.41, 5.74) is 3.02. The fourth-order valence-corrected chi connectivity index (χ4v) is 6.23. The van der Waals surface area contributed by atoms with Crippen molar-refractivity contribution in [2.24, 2.45) is 0 Å². The van der Waals surface area contributed by atoms with Crippen LogP contribution in [0.15, 0.2) is 65.7 Å². The summed E-state index contributed by atoms with van der Waals surface area (Å²) >= 11 is 0. The molecule has 5 heterocycles. The topological polar surface area (TPSA) is 134 Å². The number of anilines is 1. The average Bonchev–Trinajstić information content (AvgIpc) is 3.28. The van der Waals surface area contributed by atoms with Crippen LogP contribution in [0.5, 0.6) is 0 Å². The number of carbonyl (C=O) groups is 2. The maximum absolute atomic E-state index is 13.0. The molecular formula is C29H28N6O4S. The molecule has 0 radical (unpaired) electrons. The quantitative estimate of drug-likeness (QED) is 0.370. The van der Waals surface area contributed by atoms with E-state index in [4.69, 9.17) is 9.97 Å². The molecule has 2 aliphatic heterocycles. The van der Waals surface area contributed by atoms with Crippen LogP contribution in [-0.2, 0) is 21.2 Å². The fourth-order valence-electron chi connectivity index (χ4n) is 5.24. The van der Waals surface area contributed by atoms with Gasteiger partial charge in [-0.05, 0) is 74.3 Å². The Kier molecular flexibility index (Phi) is 6.35. The molecule has 2 saturated heterocycles. The number of sulfone groups is 1. The first-order valence-electron chi connectivity index (χ1n) is 13.0. The number of carbonyl (C=O) groups excluding carboxylic acids is 2. The number of pyridine rings is 3. The summed E-state index contributed by atoms with van der Waals surface area (Å²) in [6.07, 6.45) is 4.45. The van der Waals surface area contributed by atoms with Crippen LogP contribution in [0.4, 0.5) is 5.82 Å². The van der Waals surface area contributed by atoms with E-state index < -0.39 is 21.3 Å². The van der Waals surface area contributed by atoms with Crippen molar-refractivity contribution >= 4 is 38.4 Å². The second kappa shape index (κ2) is 9.76. The fraction of sp³-hybridized carbons (Fsp3) is 0.276.